The molecule has 4 nitrogen and oxygen atoms in total. The quantitative estimate of drug-likeness (QED) is 0.230. The molecule has 3 aromatic heterocycles. The Balaban J connectivity index is 1.56. The predicted octanol–water partition coefficient (Wildman–Crippen LogP) is 9.94. The fraction of sp³-hybridized carbons (Fsp3) is 0. The van der Waals surface area contributed by atoms with Crippen LogP contribution in [0.4, 0.5) is 0 Å². The van der Waals surface area contributed by atoms with Crippen molar-refractivity contribution in [2.75, 3.05) is 0 Å². The molecule has 0 amide bonds. The molecular weight excluding hydrogens is 492 g/mol. The molecule has 9 aromatic rings. The van der Waals surface area contributed by atoms with E-state index in [0.717, 1.165) is 66.2 Å². The van der Waals surface area contributed by atoms with Gasteiger partial charge in [-0.05, 0) is 71.4 Å². The summed E-state index contributed by atoms with van der Waals surface area (Å²) in [6.45, 7) is 0. The summed E-state index contributed by atoms with van der Waals surface area (Å²) in [4.78, 5) is 0. The van der Waals surface area contributed by atoms with Gasteiger partial charge < -0.3 is 18.0 Å². The lowest BCUT2D eigenvalue weighted by molar-refractivity contribution is 0.613. The number of fused-ring (bicyclic) bond motifs is 4. The third-order valence-electron chi connectivity index (χ3n) is 8.09. The second-order valence-electron chi connectivity index (χ2n) is 10.3. The molecule has 188 valence electrons. The van der Waals surface area contributed by atoms with Crippen LogP contribution in [0.5, 0.6) is 0 Å². The van der Waals surface area contributed by atoms with Crippen LogP contribution in [-0.4, -0.2) is 9.13 Å². The first-order chi connectivity index (χ1) is 19.8. The monoisotopic (exact) mass is 514 g/mol. The highest BCUT2D eigenvalue weighted by Gasteiger charge is 2.15. The van der Waals surface area contributed by atoms with E-state index in [-0.39, 0.29) is 0 Å². The third kappa shape index (κ3) is 2.96. The van der Waals surface area contributed by atoms with Gasteiger partial charge in [-0.3, -0.25) is 0 Å². The van der Waals surface area contributed by atoms with E-state index in [1.165, 1.54) is 10.8 Å². The van der Waals surface area contributed by atoms with Gasteiger partial charge in [0, 0.05) is 32.6 Å². The molecular formula is C36H22N2O2. The molecule has 0 aliphatic heterocycles. The first-order valence-corrected chi connectivity index (χ1v) is 13.4. The molecule has 0 aliphatic rings. The van der Waals surface area contributed by atoms with Gasteiger partial charge in [-0.25, -0.2) is 0 Å². The average molecular weight is 515 g/mol. The van der Waals surface area contributed by atoms with Crippen LogP contribution in [0.3, 0.4) is 0 Å². The number of hydrogen-bond donors (Lipinski definition) is 0. The standard InChI is InChI=1S/C36H22N2O2/c1-3-13-35-27(9-1)33(21-39-35)37-25-17-15-24-8-6-12-32(30(24)19-25)38(34-22-40-36-14-4-2-10-28(34)36)26-18-16-23-7-5-11-31(37)29(23)20-26/h1-22H. The Labute approximate surface area is 228 Å². The summed E-state index contributed by atoms with van der Waals surface area (Å²) in [5.41, 5.74) is 8.12. The van der Waals surface area contributed by atoms with Crippen LogP contribution in [0.2, 0.25) is 0 Å². The predicted molar refractivity (Wildman–Crippen MR) is 163 cm³/mol. The lowest BCUT2D eigenvalue weighted by Crippen LogP contribution is -2.01. The molecule has 3 heterocycles. The molecule has 6 aromatic carbocycles. The molecule has 0 aliphatic carbocycles. The summed E-state index contributed by atoms with van der Waals surface area (Å²) in [6.07, 6.45) is 3.75. The van der Waals surface area contributed by atoms with Gasteiger partial charge in [-0.1, -0.05) is 60.7 Å². The van der Waals surface area contributed by atoms with E-state index in [4.69, 9.17) is 8.83 Å². The van der Waals surface area contributed by atoms with Crippen molar-refractivity contribution >= 4 is 65.6 Å². The van der Waals surface area contributed by atoms with Gasteiger partial charge in [-0.15, -0.1) is 0 Å². The maximum absolute atomic E-state index is 6.05. The van der Waals surface area contributed by atoms with Crippen LogP contribution < -0.4 is 0 Å². The van der Waals surface area contributed by atoms with E-state index in [1.807, 2.05) is 36.8 Å². The average Bonchev–Trinajstić information content (AvgIpc) is 3.63. The first-order valence-electron chi connectivity index (χ1n) is 13.4. The van der Waals surface area contributed by atoms with Crippen LogP contribution in [-0.2, 0) is 0 Å². The minimum atomic E-state index is 0.870. The number of para-hydroxylation sites is 2. The van der Waals surface area contributed by atoms with Crippen molar-refractivity contribution in [3.8, 4) is 11.4 Å². The van der Waals surface area contributed by atoms with Gasteiger partial charge in [0.2, 0.25) is 0 Å². The van der Waals surface area contributed by atoms with E-state index in [2.05, 4.69) is 106 Å². The molecule has 0 fully saturated rings. The summed E-state index contributed by atoms with van der Waals surface area (Å²) in [7, 11) is 0. The van der Waals surface area contributed by atoms with Crippen LogP contribution >= 0.6 is 0 Å². The second kappa shape index (κ2) is 8.01. The van der Waals surface area contributed by atoms with Crippen molar-refractivity contribution in [1.29, 1.82) is 0 Å². The van der Waals surface area contributed by atoms with Crippen LogP contribution in [0.25, 0.3) is 76.9 Å². The van der Waals surface area contributed by atoms with Crippen molar-refractivity contribution in [3.05, 3.63) is 134 Å². The van der Waals surface area contributed by atoms with E-state index in [9.17, 15) is 0 Å². The molecule has 40 heavy (non-hydrogen) atoms. The fourth-order valence-corrected chi connectivity index (χ4v) is 6.25. The van der Waals surface area contributed by atoms with E-state index in [1.54, 1.807) is 0 Å². The first kappa shape index (κ1) is 21.5. The van der Waals surface area contributed by atoms with Gasteiger partial charge in [0.25, 0.3) is 0 Å². The Morgan fingerprint density at radius 1 is 0.400 bits per heavy atom. The Morgan fingerprint density at radius 2 is 0.875 bits per heavy atom. The van der Waals surface area contributed by atoms with Gasteiger partial charge in [0.15, 0.2) is 0 Å². The summed E-state index contributed by atoms with van der Waals surface area (Å²) in [5.74, 6) is 0. The Hall–Kier alpha value is -5.48. The van der Waals surface area contributed by atoms with Crippen molar-refractivity contribution in [2.45, 2.75) is 0 Å². The third-order valence-corrected chi connectivity index (χ3v) is 8.09. The lowest BCUT2D eigenvalue weighted by atomic mass is 10.0. The molecule has 9 rings (SSSR count). The SMILES string of the molecule is c1ccc2c(-n3c4ccc5cccc(c5c4)n(-c4coc5ccccc45)c4ccc5cccc3c5c4)coc2c1. The van der Waals surface area contributed by atoms with E-state index >= 15 is 0 Å². The zero-order valence-electron chi connectivity index (χ0n) is 21.4. The van der Waals surface area contributed by atoms with Gasteiger partial charge in [0.05, 0.1) is 22.4 Å². The number of nitrogens with zero attached hydrogens (tertiary/aromatic N) is 2. The minimum Gasteiger partial charge on any atom is -0.462 e. The highest BCUT2D eigenvalue weighted by atomic mass is 16.3. The summed E-state index contributed by atoms with van der Waals surface area (Å²) >= 11 is 0. The largest absolute Gasteiger partial charge is 0.462 e. The molecule has 0 radical (unpaired) electrons. The molecule has 4 heteroatoms. The highest BCUT2D eigenvalue weighted by Crippen LogP contribution is 2.35. The van der Waals surface area contributed by atoms with Gasteiger partial charge in [0.1, 0.15) is 23.7 Å². The van der Waals surface area contributed by atoms with Crippen molar-refractivity contribution in [3.63, 3.8) is 0 Å². The number of aromatic nitrogens is 2. The molecule has 0 saturated heterocycles. The summed E-state index contributed by atoms with van der Waals surface area (Å²) in [5, 5.41) is 6.81. The number of rotatable bonds is 2. The Bertz CT molecular complexity index is 2280. The van der Waals surface area contributed by atoms with Crippen LogP contribution in [0.1, 0.15) is 0 Å². The fourth-order valence-electron chi connectivity index (χ4n) is 6.25. The maximum Gasteiger partial charge on any atom is 0.136 e. The highest BCUT2D eigenvalue weighted by molar-refractivity contribution is 6.06. The summed E-state index contributed by atoms with van der Waals surface area (Å²) in [6, 6.07) is 42.9. The minimum absolute atomic E-state index is 0.870. The molecule has 0 atom stereocenters. The maximum atomic E-state index is 6.05. The topological polar surface area (TPSA) is 36.1 Å². The zero-order valence-corrected chi connectivity index (χ0v) is 21.4. The number of furan rings is 2. The lowest BCUT2D eigenvalue weighted by Gasteiger charge is -2.17. The zero-order chi connectivity index (χ0) is 26.2. The summed E-state index contributed by atoms with van der Waals surface area (Å²) < 4.78 is 16.8. The second-order valence-corrected chi connectivity index (χ2v) is 10.3. The van der Waals surface area contributed by atoms with Gasteiger partial charge >= 0.3 is 0 Å². The molecule has 4 bridgehead atoms. The van der Waals surface area contributed by atoms with Crippen LogP contribution in [0, 0.1) is 0 Å². The number of hydrogen-bond acceptors (Lipinski definition) is 2. The molecule has 0 spiro atoms. The van der Waals surface area contributed by atoms with Crippen molar-refractivity contribution < 1.29 is 8.83 Å². The van der Waals surface area contributed by atoms with Crippen molar-refractivity contribution in [2.24, 2.45) is 0 Å². The van der Waals surface area contributed by atoms with Crippen molar-refractivity contribution in [1.82, 2.24) is 9.13 Å². The molecule has 0 N–H and O–H groups in total. The Morgan fingerprint density at radius 3 is 1.38 bits per heavy atom. The van der Waals surface area contributed by atoms with Crippen LogP contribution in [0.15, 0.2) is 143 Å². The molecule has 0 saturated carbocycles. The molecule has 0 unspecified atom stereocenters. The van der Waals surface area contributed by atoms with Gasteiger partial charge in [-0.2, -0.15) is 0 Å². The van der Waals surface area contributed by atoms with E-state index in [0.29, 0.717) is 0 Å². The number of benzene rings is 6. The smallest absolute Gasteiger partial charge is 0.136 e. The Kier molecular flexibility index (Phi) is 4.30. The van der Waals surface area contributed by atoms with E-state index < -0.39 is 0 Å². The normalized spacial score (nSPS) is 12.0.